The largest absolute Gasteiger partial charge is 0.337 e. The molecule has 2 aromatic rings. The number of aromatic nitrogens is 1. The van der Waals surface area contributed by atoms with E-state index in [2.05, 4.69) is 20.9 Å². The van der Waals surface area contributed by atoms with Crippen molar-refractivity contribution in [1.82, 2.24) is 9.88 Å². The van der Waals surface area contributed by atoms with E-state index in [1.807, 2.05) is 30.3 Å². The molecular formula is C15H12BrN3O. The Balaban J connectivity index is 2.12. The van der Waals surface area contributed by atoms with Gasteiger partial charge in [-0.2, -0.15) is 5.26 Å². The van der Waals surface area contributed by atoms with Gasteiger partial charge in [-0.15, -0.1) is 0 Å². The van der Waals surface area contributed by atoms with Crippen LogP contribution < -0.4 is 0 Å². The molecule has 1 aromatic carbocycles. The van der Waals surface area contributed by atoms with Gasteiger partial charge in [-0.1, -0.05) is 34.1 Å². The first-order chi connectivity index (χ1) is 9.61. The van der Waals surface area contributed by atoms with Crippen molar-refractivity contribution in [3.05, 3.63) is 63.9 Å². The minimum Gasteiger partial charge on any atom is -0.337 e. The molecule has 0 spiro atoms. The molecule has 0 aliphatic rings. The topological polar surface area (TPSA) is 57.0 Å². The highest BCUT2D eigenvalue weighted by molar-refractivity contribution is 9.10. The van der Waals surface area contributed by atoms with Crippen molar-refractivity contribution >= 4 is 21.8 Å². The molecule has 5 heteroatoms. The standard InChI is InChI=1S/C15H12BrN3O/c1-19(10-12-4-2-3-5-14(12)16)15(20)11-6-7-13(8-17)18-9-11/h2-7,9H,10H2,1H3. The maximum Gasteiger partial charge on any atom is 0.255 e. The number of carbonyl (C=O) groups excluding carboxylic acids is 1. The second kappa shape index (κ2) is 6.31. The van der Waals surface area contributed by atoms with Crippen LogP contribution in [0.2, 0.25) is 0 Å². The molecule has 2 rings (SSSR count). The van der Waals surface area contributed by atoms with Crippen LogP contribution in [0.1, 0.15) is 21.6 Å². The average molecular weight is 330 g/mol. The Bertz CT molecular complexity index is 662. The SMILES string of the molecule is CN(Cc1ccccc1Br)C(=O)c1ccc(C#N)nc1. The second-order valence-electron chi connectivity index (χ2n) is 4.30. The molecule has 20 heavy (non-hydrogen) atoms. The number of pyridine rings is 1. The van der Waals surface area contributed by atoms with Gasteiger partial charge in [0, 0.05) is 24.3 Å². The van der Waals surface area contributed by atoms with Crippen molar-refractivity contribution in [2.24, 2.45) is 0 Å². The molecule has 100 valence electrons. The van der Waals surface area contributed by atoms with Crippen LogP contribution in [0.4, 0.5) is 0 Å². The van der Waals surface area contributed by atoms with Crippen LogP contribution in [0.3, 0.4) is 0 Å². The molecule has 0 aliphatic carbocycles. The fourth-order valence-electron chi connectivity index (χ4n) is 1.76. The highest BCUT2D eigenvalue weighted by Crippen LogP contribution is 2.18. The number of hydrogen-bond acceptors (Lipinski definition) is 3. The molecule has 0 aliphatic heterocycles. The number of rotatable bonds is 3. The van der Waals surface area contributed by atoms with E-state index in [0.717, 1.165) is 10.0 Å². The van der Waals surface area contributed by atoms with Crippen LogP contribution in [-0.4, -0.2) is 22.8 Å². The van der Waals surface area contributed by atoms with Gasteiger partial charge >= 0.3 is 0 Å². The number of nitrogens with zero attached hydrogens (tertiary/aromatic N) is 3. The van der Waals surface area contributed by atoms with Gasteiger partial charge in [-0.25, -0.2) is 4.98 Å². The number of amides is 1. The molecule has 0 atom stereocenters. The lowest BCUT2D eigenvalue weighted by atomic mass is 10.2. The molecule has 1 amide bonds. The summed E-state index contributed by atoms with van der Waals surface area (Å²) in [6.45, 7) is 0.500. The first-order valence-electron chi connectivity index (χ1n) is 5.97. The Morgan fingerprint density at radius 2 is 2.10 bits per heavy atom. The Morgan fingerprint density at radius 1 is 1.35 bits per heavy atom. The molecule has 0 N–H and O–H groups in total. The maximum atomic E-state index is 12.2. The first kappa shape index (κ1) is 14.2. The zero-order valence-corrected chi connectivity index (χ0v) is 12.5. The molecule has 4 nitrogen and oxygen atoms in total. The van der Waals surface area contributed by atoms with Crippen molar-refractivity contribution in [2.45, 2.75) is 6.54 Å². The van der Waals surface area contributed by atoms with Crippen molar-refractivity contribution in [2.75, 3.05) is 7.05 Å². The molecule has 0 saturated heterocycles. The van der Waals surface area contributed by atoms with E-state index < -0.39 is 0 Å². The van der Waals surface area contributed by atoms with Gasteiger partial charge in [0.05, 0.1) is 5.56 Å². The van der Waals surface area contributed by atoms with Crippen molar-refractivity contribution in [3.63, 3.8) is 0 Å². The summed E-state index contributed by atoms with van der Waals surface area (Å²) in [4.78, 5) is 17.8. The normalized spacial score (nSPS) is 9.85. The highest BCUT2D eigenvalue weighted by atomic mass is 79.9. The molecule has 1 aromatic heterocycles. The Labute approximate surface area is 125 Å². The minimum absolute atomic E-state index is 0.127. The van der Waals surface area contributed by atoms with Gasteiger partial charge in [0.1, 0.15) is 11.8 Å². The van der Waals surface area contributed by atoms with Crippen LogP contribution in [-0.2, 0) is 6.54 Å². The number of carbonyl (C=O) groups is 1. The van der Waals surface area contributed by atoms with Crippen molar-refractivity contribution in [3.8, 4) is 6.07 Å². The van der Waals surface area contributed by atoms with Crippen molar-refractivity contribution < 1.29 is 4.79 Å². The monoisotopic (exact) mass is 329 g/mol. The number of nitriles is 1. The number of benzene rings is 1. The molecule has 1 heterocycles. The average Bonchev–Trinajstić information content (AvgIpc) is 2.49. The molecule has 0 radical (unpaired) electrons. The molecule has 0 bridgehead atoms. The quantitative estimate of drug-likeness (QED) is 0.869. The van der Waals surface area contributed by atoms with Gasteiger partial charge in [-0.3, -0.25) is 4.79 Å². The summed E-state index contributed by atoms with van der Waals surface area (Å²) in [5, 5.41) is 8.69. The van der Waals surface area contributed by atoms with E-state index in [1.54, 1.807) is 24.1 Å². The zero-order chi connectivity index (χ0) is 14.5. The summed E-state index contributed by atoms with van der Waals surface area (Å²) in [6, 6.07) is 12.9. The van der Waals surface area contributed by atoms with Crippen LogP contribution >= 0.6 is 15.9 Å². The number of halogens is 1. The van der Waals surface area contributed by atoms with E-state index in [4.69, 9.17) is 5.26 Å². The van der Waals surface area contributed by atoms with E-state index >= 15 is 0 Å². The fraction of sp³-hybridized carbons (Fsp3) is 0.133. The third-order valence-electron chi connectivity index (χ3n) is 2.84. The van der Waals surface area contributed by atoms with Crippen molar-refractivity contribution in [1.29, 1.82) is 5.26 Å². The Hall–Kier alpha value is -2.19. The van der Waals surface area contributed by atoms with E-state index in [0.29, 0.717) is 17.8 Å². The van der Waals surface area contributed by atoms with E-state index in [-0.39, 0.29) is 5.91 Å². The van der Waals surface area contributed by atoms with Gasteiger partial charge < -0.3 is 4.90 Å². The number of hydrogen-bond donors (Lipinski definition) is 0. The molecule has 0 fully saturated rings. The summed E-state index contributed by atoms with van der Waals surface area (Å²) in [6.07, 6.45) is 1.43. The fourth-order valence-corrected chi connectivity index (χ4v) is 2.17. The lowest BCUT2D eigenvalue weighted by molar-refractivity contribution is 0.0784. The minimum atomic E-state index is -0.127. The third-order valence-corrected chi connectivity index (χ3v) is 3.61. The smallest absolute Gasteiger partial charge is 0.255 e. The van der Waals surface area contributed by atoms with Gasteiger partial charge in [0.15, 0.2) is 0 Å². The van der Waals surface area contributed by atoms with Crippen LogP contribution in [0.25, 0.3) is 0 Å². The van der Waals surface area contributed by atoms with Gasteiger partial charge in [0.2, 0.25) is 0 Å². The highest BCUT2D eigenvalue weighted by Gasteiger charge is 2.13. The lowest BCUT2D eigenvalue weighted by Crippen LogP contribution is -2.26. The summed E-state index contributed by atoms with van der Waals surface area (Å²) >= 11 is 3.46. The second-order valence-corrected chi connectivity index (χ2v) is 5.15. The maximum absolute atomic E-state index is 12.2. The Kier molecular flexibility index (Phi) is 4.49. The van der Waals surface area contributed by atoms with E-state index in [9.17, 15) is 4.79 Å². The zero-order valence-electron chi connectivity index (χ0n) is 10.9. The van der Waals surface area contributed by atoms with E-state index in [1.165, 1.54) is 6.20 Å². The van der Waals surface area contributed by atoms with Crippen LogP contribution in [0, 0.1) is 11.3 Å². The van der Waals surface area contributed by atoms with Crippen LogP contribution in [0.15, 0.2) is 47.1 Å². The first-order valence-corrected chi connectivity index (χ1v) is 6.76. The Morgan fingerprint density at radius 3 is 2.70 bits per heavy atom. The van der Waals surface area contributed by atoms with Gasteiger partial charge in [0.25, 0.3) is 5.91 Å². The molecule has 0 unspecified atom stereocenters. The van der Waals surface area contributed by atoms with Crippen LogP contribution in [0.5, 0.6) is 0 Å². The molecular weight excluding hydrogens is 318 g/mol. The predicted octanol–water partition coefficient (Wildman–Crippen LogP) is 2.99. The summed E-state index contributed by atoms with van der Waals surface area (Å²) < 4.78 is 0.970. The summed E-state index contributed by atoms with van der Waals surface area (Å²) in [5.74, 6) is -0.127. The predicted molar refractivity (Wildman–Crippen MR) is 78.9 cm³/mol. The van der Waals surface area contributed by atoms with Gasteiger partial charge in [-0.05, 0) is 23.8 Å². The summed E-state index contributed by atoms with van der Waals surface area (Å²) in [7, 11) is 1.74. The molecule has 0 saturated carbocycles. The lowest BCUT2D eigenvalue weighted by Gasteiger charge is -2.18. The third kappa shape index (κ3) is 3.22. The summed E-state index contributed by atoms with van der Waals surface area (Å²) in [5.41, 5.74) is 1.80.